The highest BCUT2D eigenvalue weighted by Crippen LogP contribution is 2.34. The van der Waals surface area contributed by atoms with Gasteiger partial charge in [-0.25, -0.2) is 4.39 Å². The number of hydrogen-bond acceptors (Lipinski definition) is 3. The summed E-state index contributed by atoms with van der Waals surface area (Å²) in [6.07, 6.45) is 3.78. The minimum atomic E-state index is -0.186. The lowest BCUT2D eigenvalue weighted by atomic mass is 9.84. The standard InChI is InChI=1S/C28H37FN2O2.ClH/c1-19-15-24(26(32)12-8-9-13-30(4)5)16-20(2)27(19)31-18-22(14-21(3)28(31)33)17-23-10-6-7-11-25(23)29;/h6-7,10-11,15-16,21-22H,8-9,12-14,17-18H2,1-5H3;1H/t21-,22-;/m1./s1. The van der Waals surface area contributed by atoms with Gasteiger partial charge in [-0.3, -0.25) is 9.59 Å². The number of carbonyl (C=O) groups excluding carboxylic acids is 2. The van der Waals surface area contributed by atoms with Crippen molar-refractivity contribution in [3.05, 3.63) is 64.5 Å². The second-order valence-corrected chi connectivity index (χ2v) is 9.89. The zero-order valence-corrected chi connectivity index (χ0v) is 21.9. The first-order valence-corrected chi connectivity index (χ1v) is 12.0. The highest BCUT2D eigenvalue weighted by atomic mass is 35.5. The van der Waals surface area contributed by atoms with Gasteiger partial charge in [0.2, 0.25) is 5.91 Å². The molecule has 0 unspecified atom stereocenters. The van der Waals surface area contributed by atoms with Gasteiger partial charge in [0, 0.05) is 30.1 Å². The van der Waals surface area contributed by atoms with E-state index >= 15 is 0 Å². The van der Waals surface area contributed by atoms with Gasteiger partial charge in [-0.2, -0.15) is 0 Å². The van der Waals surface area contributed by atoms with Crippen LogP contribution < -0.4 is 4.90 Å². The number of amides is 1. The van der Waals surface area contributed by atoms with Crippen LogP contribution in [0.3, 0.4) is 0 Å². The molecule has 0 radical (unpaired) electrons. The molecule has 34 heavy (non-hydrogen) atoms. The molecule has 2 aromatic rings. The van der Waals surface area contributed by atoms with E-state index in [9.17, 15) is 14.0 Å². The predicted octanol–water partition coefficient (Wildman–Crippen LogP) is 6.01. The van der Waals surface area contributed by atoms with E-state index in [0.29, 0.717) is 24.9 Å². The van der Waals surface area contributed by atoms with Gasteiger partial charge in [-0.05, 0) is 101 Å². The number of Topliss-reactive ketones (excluding diaryl/α,β-unsaturated/α-hetero) is 1. The Morgan fingerprint density at radius 3 is 2.38 bits per heavy atom. The fourth-order valence-electron chi connectivity index (χ4n) is 5.01. The Bertz CT molecular complexity index is 985. The number of ketones is 1. The molecule has 1 aliphatic heterocycles. The molecule has 1 heterocycles. The van der Waals surface area contributed by atoms with Gasteiger partial charge in [0.1, 0.15) is 5.82 Å². The molecule has 0 N–H and O–H groups in total. The molecular formula is C28H38ClFN2O2. The lowest BCUT2D eigenvalue weighted by molar-refractivity contribution is -0.124. The molecule has 1 fully saturated rings. The van der Waals surface area contributed by atoms with E-state index in [0.717, 1.165) is 48.2 Å². The average molecular weight is 489 g/mol. The van der Waals surface area contributed by atoms with Crippen molar-refractivity contribution in [3.8, 4) is 0 Å². The summed E-state index contributed by atoms with van der Waals surface area (Å²) in [6, 6.07) is 10.7. The predicted molar refractivity (Wildman–Crippen MR) is 140 cm³/mol. The van der Waals surface area contributed by atoms with Crippen LogP contribution in [0, 0.1) is 31.5 Å². The van der Waals surface area contributed by atoms with Crippen LogP contribution in [-0.4, -0.2) is 43.8 Å². The maximum absolute atomic E-state index is 14.2. The fourth-order valence-corrected chi connectivity index (χ4v) is 5.01. The SMILES string of the molecule is Cc1cc(C(=O)CCCCN(C)C)cc(C)c1N1C[C@@H](Cc2ccccc2F)C[C@@H](C)C1=O.Cl. The number of carbonyl (C=O) groups is 2. The number of nitrogens with zero attached hydrogens (tertiary/aromatic N) is 2. The Kier molecular flexibility index (Phi) is 10.3. The highest BCUT2D eigenvalue weighted by Gasteiger charge is 2.34. The summed E-state index contributed by atoms with van der Waals surface area (Å²) in [7, 11) is 4.08. The zero-order valence-electron chi connectivity index (χ0n) is 21.1. The van der Waals surface area contributed by atoms with E-state index in [1.54, 1.807) is 6.07 Å². The lowest BCUT2D eigenvalue weighted by Gasteiger charge is -2.38. The molecule has 186 valence electrons. The average Bonchev–Trinajstić information content (AvgIpc) is 2.75. The number of halogens is 2. The van der Waals surface area contributed by atoms with Crippen molar-refractivity contribution in [2.75, 3.05) is 32.1 Å². The number of hydrogen-bond donors (Lipinski definition) is 0. The number of benzene rings is 2. The molecule has 0 spiro atoms. The molecule has 0 saturated carbocycles. The Labute approximate surface area is 209 Å². The Hall–Kier alpha value is -2.24. The second kappa shape index (κ2) is 12.5. The van der Waals surface area contributed by atoms with Gasteiger partial charge in [0.05, 0.1) is 0 Å². The number of anilines is 1. The monoisotopic (exact) mass is 488 g/mol. The summed E-state index contributed by atoms with van der Waals surface area (Å²) in [4.78, 5) is 29.9. The van der Waals surface area contributed by atoms with Gasteiger partial charge < -0.3 is 9.80 Å². The molecule has 1 saturated heterocycles. The van der Waals surface area contributed by atoms with E-state index in [1.807, 2.05) is 64.0 Å². The molecule has 1 aliphatic rings. The summed E-state index contributed by atoms with van der Waals surface area (Å²) in [5.41, 5.74) is 4.21. The molecule has 4 nitrogen and oxygen atoms in total. The van der Waals surface area contributed by atoms with Crippen LogP contribution in [0.25, 0.3) is 0 Å². The quantitative estimate of drug-likeness (QED) is 0.320. The second-order valence-electron chi connectivity index (χ2n) is 9.89. The minimum Gasteiger partial charge on any atom is -0.311 e. The van der Waals surface area contributed by atoms with Crippen molar-refractivity contribution in [1.82, 2.24) is 4.90 Å². The van der Waals surface area contributed by atoms with Gasteiger partial charge in [-0.1, -0.05) is 25.1 Å². The molecule has 0 bridgehead atoms. The molecular weight excluding hydrogens is 451 g/mol. The normalized spacial score (nSPS) is 18.2. The van der Waals surface area contributed by atoms with Crippen molar-refractivity contribution in [2.45, 2.75) is 52.9 Å². The smallest absolute Gasteiger partial charge is 0.229 e. The summed E-state index contributed by atoms with van der Waals surface area (Å²) in [5.74, 6) is 0.143. The summed E-state index contributed by atoms with van der Waals surface area (Å²) < 4.78 is 14.2. The zero-order chi connectivity index (χ0) is 24.1. The van der Waals surface area contributed by atoms with Crippen molar-refractivity contribution in [2.24, 2.45) is 11.8 Å². The van der Waals surface area contributed by atoms with Crippen LogP contribution in [0.2, 0.25) is 0 Å². The summed E-state index contributed by atoms with van der Waals surface area (Å²) in [6.45, 7) is 7.46. The van der Waals surface area contributed by atoms with Gasteiger partial charge in [0.15, 0.2) is 5.78 Å². The third-order valence-electron chi connectivity index (χ3n) is 6.62. The van der Waals surface area contributed by atoms with E-state index in [4.69, 9.17) is 0 Å². The Morgan fingerprint density at radius 2 is 1.76 bits per heavy atom. The van der Waals surface area contributed by atoms with Crippen molar-refractivity contribution >= 4 is 29.8 Å². The number of aryl methyl sites for hydroxylation is 2. The van der Waals surface area contributed by atoms with Crippen molar-refractivity contribution < 1.29 is 14.0 Å². The van der Waals surface area contributed by atoms with E-state index in [1.165, 1.54) is 6.07 Å². The molecule has 0 aromatic heterocycles. The first-order chi connectivity index (χ1) is 15.7. The first kappa shape index (κ1) is 28.0. The highest BCUT2D eigenvalue weighted by molar-refractivity contribution is 6.00. The third-order valence-corrected chi connectivity index (χ3v) is 6.62. The lowest BCUT2D eigenvalue weighted by Crippen LogP contribution is -2.46. The largest absolute Gasteiger partial charge is 0.311 e. The summed E-state index contributed by atoms with van der Waals surface area (Å²) >= 11 is 0. The van der Waals surface area contributed by atoms with Gasteiger partial charge in [0.25, 0.3) is 0 Å². The Balaban J connectivity index is 0.00000408. The third kappa shape index (κ3) is 6.89. The number of rotatable bonds is 9. The maximum atomic E-state index is 14.2. The van der Waals surface area contributed by atoms with Crippen LogP contribution in [0.5, 0.6) is 0 Å². The molecule has 2 aromatic carbocycles. The van der Waals surface area contributed by atoms with Crippen molar-refractivity contribution in [3.63, 3.8) is 0 Å². The van der Waals surface area contributed by atoms with Crippen molar-refractivity contribution in [1.29, 1.82) is 0 Å². The van der Waals surface area contributed by atoms with Crippen LogP contribution in [0.15, 0.2) is 36.4 Å². The van der Waals surface area contributed by atoms with Crippen LogP contribution in [0.1, 0.15) is 59.7 Å². The Morgan fingerprint density at radius 1 is 1.12 bits per heavy atom. The molecule has 0 aliphatic carbocycles. The van der Waals surface area contributed by atoms with Crippen LogP contribution in [0.4, 0.5) is 10.1 Å². The molecule has 2 atom stereocenters. The number of unbranched alkanes of at least 4 members (excludes halogenated alkanes) is 1. The summed E-state index contributed by atoms with van der Waals surface area (Å²) in [5, 5.41) is 0. The molecule has 3 rings (SSSR count). The first-order valence-electron chi connectivity index (χ1n) is 12.0. The molecule has 6 heteroatoms. The maximum Gasteiger partial charge on any atom is 0.229 e. The van der Waals surface area contributed by atoms with Gasteiger partial charge >= 0.3 is 0 Å². The van der Waals surface area contributed by atoms with E-state index in [2.05, 4.69) is 4.90 Å². The van der Waals surface area contributed by atoms with Crippen LogP contribution in [-0.2, 0) is 11.2 Å². The minimum absolute atomic E-state index is 0. The van der Waals surface area contributed by atoms with E-state index < -0.39 is 0 Å². The van der Waals surface area contributed by atoms with Crippen LogP contribution >= 0.6 is 12.4 Å². The fraction of sp³-hybridized carbons (Fsp3) is 0.500. The number of piperidine rings is 1. The topological polar surface area (TPSA) is 40.6 Å². The van der Waals surface area contributed by atoms with Gasteiger partial charge in [-0.15, -0.1) is 12.4 Å². The van der Waals surface area contributed by atoms with E-state index in [-0.39, 0.29) is 41.8 Å². The molecule has 1 amide bonds.